The maximum atomic E-state index is 13.5. The Labute approximate surface area is 447 Å². The van der Waals surface area contributed by atoms with E-state index in [0.717, 1.165) is 12.8 Å². The van der Waals surface area contributed by atoms with Gasteiger partial charge in [0.25, 0.3) is 0 Å². The minimum absolute atomic E-state index is 0.0339. The summed E-state index contributed by atoms with van der Waals surface area (Å²) in [4.78, 5) is 25.7. The van der Waals surface area contributed by atoms with Gasteiger partial charge in [-0.3, -0.25) is 4.79 Å². The van der Waals surface area contributed by atoms with Crippen LogP contribution in [-0.4, -0.2) is 205 Å². The predicted molar refractivity (Wildman–Crippen MR) is 266 cm³/mol. The zero-order valence-electron chi connectivity index (χ0n) is 46.4. The Morgan fingerprint density at radius 3 is 1.95 bits per heavy atom. The van der Waals surface area contributed by atoms with Crippen molar-refractivity contribution in [1.29, 1.82) is 0 Å². The number of ether oxygens (including phenoxy) is 13. The van der Waals surface area contributed by atoms with Gasteiger partial charge in [0, 0.05) is 58.0 Å². The highest BCUT2D eigenvalue weighted by atomic mass is 16.8. The van der Waals surface area contributed by atoms with Gasteiger partial charge in [0.05, 0.1) is 48.8 Å². The van der Waals surface area contributed by atoms with Crippen molar-refractivity contribution >= 4 is 11.9 Å². The first-order valence-corrected chi connectivity index (χ1v) is 27.6. The van der Waals surface area contributed by atoms with Crippen molar-refractivity contribution in [2.75, 3.05) is 27.9 Å². The van der Waals surface area contributed by atoms with Crippen molar-refractivity contribution < 1.29 is 102 Å². The maximum absolute atomic E-state index is 13.5. The molecule has 0 spiro atoms. The fourth-order valence-corrected chi connectivity index (χ4v) is 14.8. The summed E-state index contributed by atoms with van der Waals surface area (Å²) in [6, 6.07) is 0. The lowest BCUT2D eigenvalue weighted by Crippen LogP contribution is -2.67. The molecule has 76 heavy (non-hydrogen) atoms. The van der Waals surface area contributed by atoms with Crippen LogP contribution in [0.5, 0.6) is 0 Å². The van der Waals surface area contributed by atoms with Crippen LogP contribution in [-0.2, 0) is 71.2 Å². The number of methoxy groups -OCH3 is 3. The Hall–Kier alpha value is -2.26. The van der Waals surface area contributed by atoms with Crippen LogP contribution >= 0.6 is 0 Å². The minimum atomic E-state index is -1.67. The number of hydrogen-bond donors (Lipinski definition) is 6. The fraction of sp³-hybridized carbons (Fsp3) is 0.891. The third kappa shape index (κ3) is 11.1. The molecule has 0 unspecified atom stereocenters. The van der Waals surface area contributed by atoms with Crippen molar-refractivity contribution in [3.8, 4) is 0 Å². The van der Waals surface area contributed by atoms with Gasteiger partial charge in [-0.1, -0.05) is 31.6 Å². The van der Waals surface area contributed by atoms with E-state index in [1.807, 2.05) is 34.6 Å². The fourth-order valence-electron chi connectivity index (χ4n) is 14.8. The third-order valence-electron chi connectivity index (χ3n) is 19.3. The van der Waals surface area contributed by atoms with Crippen molar-refractivity contribution in [2.24, 2.45) is 28.6 Å². The average Bonchev–Trinajstić information content (AvgIpc) is 3.82. The van der Waals surface area contributed by atoms with Crippen LogP contribution in [0.3, 0.4) is 0 Å². The molecule has 8 aliphatic rings. The zero-order valence-corrected chi connectivity index (χ0v) is 46.4. The molecule has 4 aliphatic carbocycles. The van der Waals surface area contributed by atoms with Gasteiger partial charge >= 0.3 is 11.9 Å². The van der Waals surface area contributed by atoms with Crippen LogP contribution in [0.2, 0.25) is 0 Å². The summed E-state index contributed by atoms with van der Waals surface area (Å²) < 4.78 is 80.3. The van der Waals surface area contributed by atoms with Crippen molar-refractivity contribution in [2.45, 2.75) is 255 Å². The van der Waals surface area contributed by atoms with Gasteiger partial charge in [-0.05, 0) is 104 Å². The highest BCUT2D eigenvalue weighted by Gasteiger charge is 2.72. The SMILES string of the molecule is C/C=C(\C)C(=O)O[C@@H]1C[C@H]2[C@@H](CC=C3C[C@@H](O[C@H]4C[C@H](OC)[C@H](O[C@H]5C[C@H](OC)[C@H](O[C@@H]6O[C@H](C)[C@@H](O[C@@H]7O[C@H](CO)[C@H](O)[C@H](O)[C@H]7O)[C@H](OC)[C@H]6O)[C@@H](C)O5)[C@@H](C)O4)CC[C@@]32C)[C@@]2(O)CC[C@H]([C@@H](C)OC(C)=O)[C@@]12C. The van der Waals surface area contributed by atoms with Crippen LogP contribution in [0.1, 0.15) is 120 Å². The number of fused-ring (bicyclic) bond motifs is 5. The normalized spacial score (nSPS) is 49.2. The molecule has 434 valence electrons. The minimum Gasteiger partial charge on any atom is -0.463 e. The van der Waals surface area contributed by atoms with Crippen LogP contribution in [0.15, 0.2) is 23.3 Å². The van der Waals surface area contributed by atoms with E-state index in [4.69, 9.17) is 61.6 Å². The van der Waals surface area contributed by atoms with Gasteiger partial charge in [0.1, 0.15) is 67.1 Å². The number of aliphatic hydroxyl groups is 6. The predicted octanol–water partition coefficient (Wildman–Crippen LogP) is 2.88. The Morgan fingerprint density at radius 1 is 0.737 bits per heavy atom. The molecule has 4 aliphatic heterocycles. The molecule has 27 atom stereocenters. The third-order valence-corrected chi connectivity index (χ3v) is 19.3. The zero-order chi connectivity index (χ0) is 55.3. The van der Waals surface area contributed by atoms with Gasteiger partial charge in [0.2, 0.25) is 0 Å². The molecule has 0 amide bonds. The summed E-state index contributed by atoms with van der Waals surface area (Å²) in [6.45, 7) is 15.9. The number of carbonyl (C=O) groups excluding carboxylic acids is 2. The van der Waals surface area contributed by atoms with Crippen LogP contribution in [0, 0.1) is 28.6 Å². The van der Waals surface area contributed by atoms with Crippen LogP contribution in [0.25, 0.3) is 0 Å². The Balaban J connectivity index is 0.873. The molecule has 21 heteroatoms. The molecule has 6 N–H and O–H groups in total. The second-order valence-corrected chi connectivity index (χ2v) is 23.3. The molecule has 21 nitrogen and oxygen atoms in total. The first-order chi connectivity index (χ1) is 36.0. The number of aliphatic hydroxyl groups excluding tert-OH is 5. The van der Waals surface area contributed by atoms with E-state index in [-0.39, 0.29) is 41.7 Å². The van der Waals surface area contributed by atoms with Gasteiger partial charge < -0.3 is 92.2 Å². The molecule has 0 aromatic rings. The summed E-state index contributed by atoms with van der Waals surface area (Å²) in [7, 11) is 4.56. The standard InChI is InChI=1S/C55H88O21/c1-13-25(2)50(62)73-39-21-35-34(55(63)19-17-33(54(39,55)9)26(3)67-30(7)57)15-14-31-20-32(16-18-53(31,35)8)71-40-22-36(64-10)46(27(4)68-40)74-41-23-37(65-11)47(28(5)69-41)75-52-45(61)49(66-12)48(29(6)70-52)76-51-44(60)43(59)42(58)38(24-56)72-51/h13-14,26-29,32-49,51-52,56,58-61,63H,15-24H2,1-12H3/b25-13+/t26-,27-,28-,29-,32+,33-,34-,35+,36+,37+,38-,39-,40+,41+,42+,43+,44-,45-,46-,47-,48-,49-,51+,52+,53+,54+,55+/m1/s1. The van der Waals surface area contributed by atoms with E-state index in [1.54, 1.807) is 34.1 Å². The molecule has 0 aromatic heterocycles. The second-order valence-electron chi connectivity index (χ2n) is 23.3. The van der Waals surface area contributed by atoms with Crippen LogP contribution in [0.4, 0.5) is 0 Å². The van der Waals surface area contributed by atoms with Crippen LogP contribution < -0.4 is 0 Å². The van der Waals surface area contributed by atoms with E-state index in [2.05, 4.69) is 13.0 Å². The maximum Gasteiger partial charge on any atom is 0.333 e. The number of esters is 2. The molecule has 8 rings (SSSR count). The lowest BCUT2D eigenvalue weighted by atomic mass is 9.44. The number of allylic oxidation sites excluding steroid dienone is 2. The summed E-state index contributed by atoms with van der Waals surface area (Å²) in [5.74, 6) is -1.02. The van der Waals surface area contributed by atoms with Crippen molar-refractivity contribution in [1.82, 2.24) is 0 Å². The number of carbonyl (C=O) groups is 2. The molecule has 0 aromatic carbocycles. The quantitative estimate of drug-likeness (QED) is 0.0737. The van der Waals surface area contributed by atoms with E-state index < -0.39 is 146 Å². The average molecular weight is 1090 g/mol. The second kappa shape index (κ2) is 24.1. The van der Waals surface area contributed by atoms with E-state index in [0.29, 0.717) is 44.1 Å². The van der Waals surface area contributed by atoms with E-state index in [1.165, 1.54) is 19.6 Å². The smallest absolute Gasteiger partial charge is 0.333 e. The molecule has 0 bridgehead atoms. The molecular formula is C55H88O21. The van der Waals surface area contributed by atoms with Gasteiger partial charge in [-0.25, -0.2) is 4.79 Å². The van der Waals surface area contributed by atoms with Gasteiger partial charge in [0.15, 0.2) is 25.2 Å². The Morgan fingerprint density at radius 2 is 1.34 bits per heavy atom. The Bertz CT molecular complexity index is 2060. The van der Waals surface area contributed by atoms with E-state index >= 15 is 0 Å². The highest BCUT2D eigenvalue weighted by molar-refractivity contribution is 5.87. The summed E-state index contributed by atoms with van der Waals surface area (Å²) >= 11 is 0. The monoisotopic (exact) mass is 1080 g/mol. The summed E-state index contributed by atoms with van der Waals surface area (Å²) in [5, 5.41) is 65.5. The van der Waals surface area contributed by atoms with Gasteiger partial charge in [-0.15, -0.1) is 0 Å². The van der Waals surface area contributed by atoms with Crippen molar-refractivity contribution in [3.63, 3.8) is 0 Å². The first kappa shape index (κ1) is 59.9. The molecule has 4 heterocycles. The molecular weight excluding hydrogens is 997 g/mol. The van der Waals surface area contributed by atoms with Crippen molar-refractivity contribution in [3.05, 3.63) is 23.3 Å². The first-order valence-electron chi connectivity index (χ1n) is 27.6. The molecule has 3 saturated carbocycles. The summed E-state index contributed by atoms with van der Waals surface area (Å²) in [6.07, 6.45) is -9.58. The lowest BCUT2D eigenvalue weighted by molar-refractivity contribution is -0.373. The highest BCUT2D eigenvalue weighted by Crippen LogP contribution is 2.69. The lowest BCUT2D eigenvalue weighted by Gasteiger charge is -2.63. The Kier molecular flexibility index (Phi) is 18.9. The molecule has 7 fully saturated rings. The number of rotatable bonds is 16. The topological polar surface area (TPSA) is 276 Å². The molecule has 0 radical (unpaired) electrons. The largest absolute Gasteiger partial charge is 0.463 e. The van der Waals surface area contributed by atoms with E-state index in [9.17, 15) is 40.2 Å². The number of hydrogen-bond acceptors (Lipinski definition) is 21. The summed E-state index contributed by atoms with van der Waals surface area (Å²) in [5.41, 5.74) is -0.489. The van der Waals surface area contributed by atoms with Gasteiger partial charge in [-0.2, -0.15) is 0 Å². The molecule has 4 saturated heterocycles.